The average Bonchev–Trinajstić information content (AvgIpc) is 4.15. The maximum absolute atomic E-state index is 13.9. The number of ether oxygens (including phenoxy) is 3. The number of H-pyrrole nitrogens is 2. The molecule has 2 aromatic carbocycles. The molecule has 15 heteroatoms. The van der Waals surface area contributed by atoms with Gasteiger partial charge in [0.1, 0.15) is 23.4 Å². The van der Waals surface area contributed by atoms with E-state index >= 15 is 0 Å². The van der Waals surface area contributed by atoms with Crippen LogP contribution in [0.15, 0.2) is 54.9 Å². The van der Waals surface area contributed by atoms with Crippen LogP contribution in [0.1, 0.15) is 89.1 Å². The topological polar surface area (TPSA) is 164 Å². The van der Waals surface area contributed by atoms with E-state index in [1.54, 1.807) is 0 Å². The number of likely N-dealkylation sites (tertiary alicyclic amines) is 1. The highest BCUT2D eigenvalue weighted by Gasteiger charge is 2.39. The molecule has 4 aliphatic rings. The summed E-state index contributed by atoms with van der Waals surface area (Å²) >= 11 is 0. The minimum Gasteiger partial charge on any atom is -0.469 e. The number of hydrogen-bond donors (Lipinski definition) is 4. The summed E-state index contributed by atoms with van der Waals surface area (Å²) in [6, 6.07) is 14.7. The number of aromatic nitrogens is 5. The molecule has 0 saturated carbocycles. The van der Waals surface area contributed by atoms with Gasteiger partial charge < -0.3 is 44.3 Å². The normalized spacial score (nSPS) is 20.5. The van der Waals surface area contributed by atoms with Gasteiger partial charge in [0, 0.05) is 74.1 Å². The molecule has 15 nitrogen and oxygen atoms in total. The van der Waals surface area contributed by atoms with Crippen LogP contribution in [0.4, 0.5) is 0 Å². The van der Waals surface area contributed by atoms with E-state index in [0.717, 1.165) is 133 Å². The number of amides is 2. The lowest BCUT2D eigenvalue weighted by molar-refractivity contribution is -0.177. The molecule has 3 aromatic heterocycles. The lowest BCUT2D eigenvalue weighted by Gasteiger charge is -2.33. The van der Waals surface area contributed by atoms with E-state index in [-0.39, 0.29) is 30.1 Å². The molecule has 9 rings (SSSR count). The van der Waals surface area contributed by atoms with E-state index in [1.807, 2.05) is 29.4 Å². The molecule has 4 unspecified atom stereocenters. The fourth-order valence-electron chi connectivity index (χ4n) is 10.0. The van der Waals surface area contributed by atoms with Gasteiger partial charge in [-0.15, -0.1) is 0 Å². The van der Waals surface area contributed by atoms with Gasteiger partial charge in [0.2, 0.25) is 12.3 Å². The molecule has 330 valence electrons. The number of imidazole rings is 2. The third-order valence-corrected chi connectivity index (χ3v) is 13.4. The molecule has 0 radical (unpaired) electrons. The second-order valence-corrected chi connectivity index (χ2v) is 17.2. The van der Waals surface area contributed by atoms with Crippen LogP contribution in [0.2, 0.25) is 0 Å². The Kier molecular flexibility index (Phi) is 13.0. The monoisotopic (exact) mass is 847 g/mol. The van der Waals surface area contributed by atoms with Gasteiger partial charge in [-0.1, -0.05) is 26.0 Å². The number of hydrogen-bond acceptors (Lipinski definition) is 10. The molecule has 3 fully saturated rings. The Morgan fingerprint density at radius 2 is 1.69 bits per heavy atom. The smallest absolute Gasteiger partial charge is 0.246 e. The lowest BCUT2D eigenvalue weighted by atomic mass is 9.90. The van der Waals surface area contributed by atoms with E-state index in [2.05, 4.69) is 81.5 Å². The van der Waals surface area contributed by atoms with E-state index < -0.39 is 6.04 Å². The van der Waals surface area contributed by atoms with Crippen LogP contribution in [-0.2, 0) is 30.4 Å². The van der Waals surface area contributed by atoms with Crippen LogP contribution in [-0.4, -0.2) is 112 Å². The van der Waals surface area contributed by atoms with Crippen molar-refractivity contribution < 1.29 is 28.6 Å². The summed E-state index contributed by atoms with van der Waals surface area (Å²) in [4.78, 5) is 50.4. The Morgan fingerprint density at radius 3 is 2.45 bits per heavy atom. The Morgan fingerprint density at radius 1 is 0.952 bits per heavy atom. The summed E-state index contributed by atoms with van der Waals surface area (Å²) in [5.41, 5.74) is 7.12. The van der Waals surface area contributed by atoms with Crippen molar-refractivity contribution in [2.24, 2.45) is 11.8 Å². The van der Waals surface area contributed by atoms with Crippen LogP contribution in [0.5, 0.6) is 5.75 Å². The number of fused-ring (bicyclic) bond motifs is 5. The molecule has 0 aliphatic carbocycles. The quantitative estimate of drug-likeness (QED) is 0.0582. The average molecular weight is 848 g/mol. The molecule has 2 amide bonds. The zero-order chi connectivity index (χ0) is 42.6. The van der Waals surface area contributed by atoms with Crippen LogP contribution in [0, 0.1) is 11.8 Å². The predicted octanol–water partition coefficient (Wildman–Crippen LogP) is 6.75. The van der Waals surface area contributed by atoms with Crippen LogP contribution in [0.3, 0.4) is 0 Å². The van der Waals surface area contributed by atoms with Gasteiger partial charge in [0.25, 0.3) is 0 Å². The maximum Gasteiger partial charge on any atom is 0.246 e. The highest BCUT2D eigenvalue weighted by atomic mass is 16.7. The number of hydroxylamine groups is 2. The summed E-state index contributed by atoms with van der Waals surface area (Å²) in [5, 5.41) is 9.47. The van der Waals surface area contributed by atoms with Crippen molar-refractivity contribution in [3.63, 3.8) is 0 Å². The first-order chi connectivity index (χ1) is 30.5. The van der Waals surface area contributed by atoms with E-state index in [9.17, 15) is 9.59 Å². The molecule has 62 heavy (non-hydrogen) atoms. The molecule has 4 N–H and O–H groups in total. The van der Waals surface area contributed by atoms with Gasteiger partial charge in [0.15, 0.2) is 6.23 Å². The molecule has 0 spiro atoms. The van der Waals surface area contributed by atoms with Gasteiger partial charge in [-0.3, -0.25) is 14.4 Å². The Hall–Kier alpha value is -5.06. The van der Waals surface area contributed by atoms with Gasteiger partial charge in [-0.25, -0.2) is 9.97 Å². The zero-order valence-electron chi connectivity index (χ0n) is 36.2. The van der Waals surface area contributed by atoms with Crippen LogP contribution in [0.25, 0.3) is 44.7 Å². The van der Waals surface area contributed by atoms with Crippen molar-refractivity contribution in [3.8, 4) is 39.5 Å². The van der Waals surface area contributed by atoms with Crippen molar-refractivity contribution >= 4 is 23.2 Å². The van der Waals surface area contributed by atoms with Gasteiger partial charge >= 0.3 is 0 Å². The molecule has 4 aliphatic heterocycles. The summed E-state index contributed by atoms with van der Waals surface area (Å²) in [6.07, 6.45) is 11.3. The minimum absolute atomic E-state index is 0.0476. The van der Waals surface area contributed by atoms with Gasteiger partial charge in [-0.2, -0.15) is 5.06 Å². The number of carbonyl (C=O) groups is 2. The third kappa shape index (κ3) is 8.65. The third-order valence-electron chi connectivity index (χ3n) is 13.4. The second kappa shape index (κ2) is 19.1. The standard InChI is InChI=1S/C47H61N9O6/c1-4-16-54(61-28-38(48-3)30-12-18-59-19-13-30)27-43-49-25-36(52-43)32-9-11-39-34(22-32)23-41-35-10-8-33(24-42(35)62-44(5-2)56(39)41)37-26-50-46(53-37)40-7-6-17-55(40)47(58)45(51-29-57)31-14-20-60-21-15-31/h8-11,22-26,29-31,38,40,44-45,48H,4-7,12-21,27-28H2,1-3H3,(H,49,52)(H,50,53)(H,51,57). The number of aromatic amines is 2. The fraction of sp³-hybridized carbons (Fsp3) is 0.532. The van der Waals surface area contributed by atoms with Crippen molar-refractivity contribution in [3.05, 3.63) is 66.5 Å². The fourth-order valence-corrected chi connectivity index (χ4v) is 10.0. The molecule has 7 heterocycles. The number of rotatable bonds is 17. The zero-order valence-corrected chi connectivity index (χ0v) is 36.2. The summed E-state index contributed by atoms with van der Waals surface area (Å²) in [7, 11) is 2.02. The maximum atomic E-state index is 13.9. The molecule has 4 atom stereocenters. The second-order valence-electron chi connectivity index (χ2n) is 17.2. The molecule has 5 aromatic rings. The van der Waals surface area contributed by atoms with Gasteiger partial charge in [0.05, 0.1) is 54.2 Å². The van der Waals surface area contributed by atoms with E-state index in [4.69, 9.17) is 29.0 Å². The first-order valence-corrected chi connectivity index (χ1v) is 22.7. The predicted molar refractivity (Wildman–Crippen MR) is 236 cm³/mol. The number of nitrogens with one attached hydrogen (secondary N) is 4. The highest BCUT2D eigenvalue weighted by molar-refractivity contribution is 5.92. The van der Waals surface area contributed by atoms with Crippen LogP contribution < -0.4 is 15.4 Å². The highest BCUT2D eigenvalue weighted by Crippen LogP contribution is 2.45. The minimum atomic E-state index is -0.562. The van der Waals surface area contributed by atoms with E-state index in [0.29, 0.717) is 45.2 Å². The first kappa shape index (κ1) is 42.3. The van der Waals surface area contributed by atoms with Gasteiger partial charge in [-0.05, 0) is 94.2 Å². The van der Waals surface area contributed by atoms with Crippen LogP contribution >= 0.6 is 0 Å². The Labute approximate surface area is 363 Å². The SMILES string of the molecule is CCCN(Cc1ncc(-c2ccc3c(c2)cc2n3C(CC)Oc3cc(-c4cnc(C5CCCN5C(=O)C(NC=O)C5CCOCC5)[nH]4)ccc3-2)[nH]1)OCC(NC)C1CCOCC1. The van der Waals surface area contributed by atoms with Crippen molar-refractivity contribution in [1.82, 2.24) is 45.1 Å². The summed E-state index contributed by atoms with van der Waals surface area (Å²) < 4.78 is 20.2. The Balaban J connectivity index is 0.908. The van der Waals surface area contributed by atoms with E-state index in [1.165, 1.54) is 0 Å². The number of carbonyl (C=O) groups excluding carboxylic acids is 2. The molecular weight excluding hydrogens is 787 g/mol. The molecular formula is C47H61N9O6. The molecule has 0 bridgehead atoms. The van der Waals surface area contributed by atoms with Crippen molar-refractivity contribution in [1.29, 1.82) is 0 Å². The largest absolute Gasteiger partial charge is 0.469 e. The summed E-state index contributed by atoms with van der Waals surface area (Å²) in [5.74, 6) is 3.00. The Bertz CT molecular complexity index is 2310. The molecule has 3 saturated heterocycles. The van der Waals surface area contributed by atoms with Crippen molar-refractivity contribution in [2.75, 3.05) is 53.2 Å². The first-order valence-electron chi connectivity index (χ1n) is 22.7. The number of nitrogens with zero attached hydrogens (tertiary/aromatic N) is 5. The lowest BCUT2D eigenvalue weighted by Crippen LogP contribution is -2.51. The number of benzene rings is 2. The van der Waals surface area contributed by atoms with Crippen molar-refractivity contribution in [2.45, 2.75) is 96.1 Å². The number of likely N-dealkylation sites (N-methyl/N-ethyl adjacent to an activating group) is 1. The summed E-state index contributed by atoms with van der Waals surface area (Å²) in [6.45, 7) is 9.80.